The van der Waals surface area contributed by atoms with E-state index in [4.69, 9.17) is 20.3 Å². The van der Waals surface area contributed by atoms with Crippen LogP contribution >= 0.6 is 15.9 Å². The summed E-state index contributed by atoms with van der Waals surface area (Å²) in [6.07, 6.45) is 0. The summed E-state index contributed by atoms with van der Waals surface area (Å²) < 4.78 is 11.2. The standard InChI is InChI=1S/C12H12BrN3O3/c1-18-9-4-7(6-17)2-3-8(9)19-12-15-10(13)5-11(14)16-12/h2-5,17H,6H2,1H3,(H2,14,15,16). The van der Waals surface area contributed by atoms with Crippen LogP contribution in [-0.2, 0) is 6.61 Å². The highest BCUT2D eigenvalue weighted by atomic mass is 79.9. The molecule has 0 spiro atoms. The Morgan fingerprint density at radius 1 is 1.26 bits per heavy atom. The predicted molar refractivity (Wildman–Crippen MR) is 73.1 cm³/mol. The molecule has 0 bridgehead atoms. The maximum absolute atomic E-state index is 9.07. The van der Waals surface area contributed by atoms with E-state index in [9.17, 15) is 0 Å². The number of nitrogens with two attached hydrogens (primary N) is 1. The zero-order chi connectivity index (χ0) is 13.8. The molecule has 100 valence electrons. The molecular formula is C12H12BrN3O3. The summed E-state index contributed by atoms with van der Waals surface area (Å²) in [5, 5.41) is 9.07. The molecule has 0 aliphatic carbocycles. The number of anilines is 1. The topological polar surface area (TPSA) is 90.5 Å². The molecule has 2 rings (SSSR count). The van der Waals surface area contributed by atoms with Crippen molar-refractivity contribution in [3.8, 4) is 17.5 Å². The van der Waals surface area contributed by atoms with Crippen LogP contribution in [-0.4, -0.2) is 22.2 Å². The lowest BCUT2D eigenvalue weighted by atomic mass is 10.2. The van der Waals surface area contributed by atoms with Gasteiger partial charge in [-0.25, -0.2) is 0 Å². The van der Waals surface area contributed by atoms with E-state index in [1.54, 1.807) is 24.3 Å². The average molecular weight is 326 g/mol. The molecule has 0 saturated heterocycles. The van der Waals surface area contributed by atoms with Gasteiger partial charge >= 0.3 is 6.01 Å². The van der Waals surface area contributed by atoms with E-state index in [-0.39, 0.29) is 12.6 Å². The fourth-order valence-electron chi connectivity index (χ4n) is 1.45. The van der Waals surface area contributed by atoms with Gasteiger partial charge in [0.25, 0.3) is 0 Å². The highest BCUT2D eigenvalue weighted by molar-refractivity contribution is 9.10. The van der Waals surface area contributed by atoms with Crippen LogP contribution in [0.15, 0.2) is 28.9 Å². The number of nitrogens with zero attached hydrogens (tertiary/aromatic N) is 2. The van der Waals surface area contributed by atoms with Crippen molar-refractivity contribution in [3.05, 3.63) is 34.4 Å². The number of halogens is 1. The van der Waals surface area contributed by atoms with Crippen molar-refractivity contribution in [2.45, 2.75) is 6.61 Å². The van der Waals surface area contributed by atoms with Crippen molar-refractivity contribution in [2.24, 2.45) is 0 Å². The van der Waals surface area contributed by atoms with Gasteiger partial charge in [0.05, 0.1) is 13.7 Å². The lowest BCUT2D eigenvalue weighted by molar-refractivity contribution is 0.280. The number of aliphatic hydroxyl groups is 1. The second-order valence-corrected chi connectivity index (χ2v) is 4.46. The van der Waals surface area contributed by atoms with Gasteiger partial charge in [-0.3, -0.25) is 0 Å². The third kappa shape index (κ3) is 3.33. The normalized spacial score (nSPS) is 10.3. The first kappa shape index (κ1) is 13.6. The summed E-state index contributed by atoms with van der Waals surface area (Å²) in [5.74, 6) is 1.22. The summed E-state index contributed by atoms with van der Waals surface area (Å²) in [7, 11) is 1.51. The zero-order valence-corrected chi connectivity index (χ0v) is 11.7. The molecule has 1 aromatic heterocycles. The van der Waals surface area contributed by atoms with E-state index in [0.29, 0.717) is 21.9 Å². The zero-order valence-electron chi connectivity index (χ0n) is 10.1. The Hall–Kier alpha value is -1.86. The first-order chi connectivity index (χ1) is 9.12. The van der Waals surface area contributed by atoms with Crippen molar-refractivity contribution in [3.63, 3.8) is 0 Å². The molecule has 0 fully saturated rings. The van der Waals surface area contributed by atoms with Crippen LogP contribution < -0.4 is 15.2 Å². The summed E-state index contributed by atoms with van der Waals surface area (Å²) in [6, 6.07) is 6.75. The SMILES string of the molecule is COc1cc(CO)ccc1Oc1nc(N)cc(Br)n1. The fraction of sp³-hybridized carbons (Fsp3) is 0.167. The molecule has 0 aliphatic rings. The van der Waals surface area contributed by atoms with Crippen LogP contribution in [0.2, 0.25) is 0 Å². The number of aliphatic hydroxyl groups excluding tert-OH is 1. The van der Waals surface area contributed by atoms with E-state index in [2.05, 4.69) is 25.9 Å². The van der Waals surface area contributed by atoms with Gasteiger partial charge < -0.3 is 20.3 Å². The second kappa shape index (κ2) is 5.85. The molecule has 1 heterocycles. The number of ether oxygens (including phenoxy) is 2. The summed E-state index contributed by atoms with van der Waals surface area (Å²) in [4.78, 5) is 8.00. The number of hydrogen-bond donors (Lipinski definition) is 2. The number of nitrogen functional groups attached to an aromatic ring is 1. The highest BCUT2D eigenvalue weighted by Crippen LogP contribution is 2.31. The number of benzene rings is 1. The third-order valence-electron chi connectivity index (χ3n) is 2.31. The van der Waals surface area contributed by atoms with Crippen LogP contribution in [0.25, 0.3) is 0 Å². The second-order valence-electron chi connectivity index (χ2n) is 3.64. The first-order valence-electron chi connectivity index (χ1n) is 5.38. The smallest absolute Gasteiger partial charge is 0.325 e. The van der Waals surface area contributed by atoms with E-state index in [0.717, 1.165) is 5.56 Å². The molecule has 0 amide bonds. The molecule has 0 unspecified atom stereocenters. The number of aromatic nitrogens is 2. The Bertz CT molecular complexity index is 572. The molecule has 0 saturated carbocycles. The van der Waals surface area contributed by atoms with E-state index < -0.39 is 0 Å². The maximum Gasteiger partial charge on any atom is 0.325 e. The van der Waals surface area contributed by atoms with Gasteiger partial charge in [-0.15, -0.1) is 0 Å². The largest absolute Gasteiger partial charge is 0.493 e. The van der Waals surface area contributed by atoms with Crippen LogP contribution in [0.1, 0.15) is 5.56 Å². The Labute approximate surface area is 118 Å². The highest BCUT2D eigenvalue weighted by Gasteiger charge is 2.09. The minimum Gasteiger partial charge on any atom is -0.493 e. The molecular weight excluding hydrogens is 314 g/mol. The van der Waals surface area contributed by atoms with E-state index in [1.807, 2.05) is 0 Å². The molecule has 2 aromatic rings. The number of methoxy groups -OCH3 is 1. The third-order valence-corrected chi connectivity index (χ3v) is 2.71. The quantitative estimate of drug-likeness (QED) is 0.837. The lowest BCUT2D eigenvalue weighted by Gasteiger charge is -2.10. The molecule has 6 nitrogen and oxygen atoms in total. The Morgan fingerprint density at radius 2 is 2.05 bits per heavy atom. The molecule has 19 heavy (non-hydrogen) atoms. The van der Waals surface area contributed by atoms with Crippen LogP contribution in [0.5, 0.6) is 17.5 Å². The summed E-state index contributed by atoms with van der Waals surface area (Å²) >= 11 is 3.21. The van der Waals surface area contributed by atoms with Gasteiger partial charge in [0.15, 0.2) is 11.5 Å². The molecule has 3 N–H and O–H groups in total. The molecule has 0 atom stereocenters. The van der Waals surface area contributed by atoms with Crippen molar-refractivity contribution in [2.75, 3.05) is 12.8 Å². The maximum atomic E-state index is 9.07. The van der Waals surface area contributed by atoms with Gasteiger partial charge in [0.2, 0.25) is 0 Å². The lowest BCUT2D eigenvalue weighted by Crippen LogP contribution is -1.98. The summed E-state index contributed by atoms with van der Waals surface area (Å²) in [6.45, 7) is -0.0724. The van der Waals surface area contributed by atoms with Crippen molar-refractivity contribution in [1.82, 2.24) is 9.97 Å². The molecule has 1 aromatic carbocycles. The molecule has 0 radical (unpaired) electrons. The molecule has 7 heteroatoms. The van der Waals surface area contributed by atoms with E-state index >= 15 is 0 Å². The van der Waals surface area contributed by atoms with Crippen molar-refractivity contribution >= 4 is 21.7 Å². The van der Waals surface area contributed by atoms with Crippen molar-refractivity contribution in [1.29, 1.82) is 0 Å². The van der Waals surface area contributed by atoms with Crippen LogP contribution in [0, 0.1) is 0 Å². The van der Waals surface area contributed by atoms with Gasteiger partial charge in [0, 0.05) is 6.07 Å². The van der Waals surface area contributed by atoms with E-state index in [1.165, 1.54) is 7.11 Å². The predicted octanol–water partition coefficient (Wildman–Crippen LogP) is 2.11. The van der Waals surface area contributed by atoms with Gasteiger partial charge in [-0.1, -0.05) is 6.07 Å². The number of hydrogen-bond acceptors (Lipinski definition) is 6. The molecule has 0 aliphatic heterocycles. The monoisotopic (exact) mass is 325 g/mol. The minimum atomic E-state index is -0.0724. The Balaban J connectivity index is 2.32. The van der Waals surface area contributed by atoms with Crippen molar-refractivity contribution < 1.29 is 14.6 Å². The van der Waals surface area contributed by atoms with Gasteiger partial charge in [0.1, 0.15) is 10.4 Å². The minimum absolute atomic E-state index is 0.0724. The fourth-order valence-corrected chi connectivity index (χ4v) is 1.84. The summed E-state index contributed by atoms with van der Waals surface area (Å²) in [5.41, 5.74) is 6.33. The van der Waals surface area contributed by atoms with Gasteiger partial charge in [-0.05, 0) is 33.6 Å². The Morgan fingerprint density at radius 3 is 2.68 bits per heavy atom. The average Bonchev–Trinajstić information content (AvgIpc) is 2.38. The Kier molecular flexibility index (Phi) is 4.18. The van der Waals surface area contributed by atoms with Gasteiger partial charge in [-0.2, -0.15) is 9.97 Å². The number of rotatable bonds is 4. The van der Waals surface area contributed by atoms with Crippen LogP contribution in [0.3, 0.4) is 0 Å². The van der Waals surface area contributed by atoms with Crippen LogP contribution in [0.4, 0.5) is 5.82 Å². The first-order valence-corrected chi connectivity index (χ1v) is 6.17.